The molecule has 0 heterocycles. The molecular weight excluding hydrogens is 390 g/mol. The summed E-state index contributed by atoms with van der Waals surface area (Å²) in [5, 5.41) is 13.6. The molecule has 4 aliphatic rings. The lowest BCUT2D eigenvalue weighted by Crippen LogP contribution is -2.43. The molecule has 24 heavy (non-hydrogen) atoms. The molecule has 0 aliphatic heterocycles. The van der Waals surface area contributed by atoms with Crippen LogP contribution in [0, 0.1) is 23.7 Å². The van der Waals surface area contributed by atoms with E-state index < -0.39 is 0 Å². The molecule has 0 unspecified atom stereocenters. The molecule has 130 valence electrons. The van der Waals surface area contributed by atoms with E-state index in [0.29, 0.717) is 30.0 Å². The van der Waals surface area contributed by atoms with Gasteiger partial charge in [-0.05, 0) is 79.4 Å². The number of amides is 1. The van der Waals surface area contributed by atoms with Crippen LogP contribution < -0.4 is 5.32 Å². The minimum absolute atomic E-state index is 0.0584. The highest BCUT2D eigenvalue weighted by molar-refractivity contribution is 9.10. The molecule has 4 aliphatic carbocycles. The van der Waals surface area contributed by atoms with Gasteiger partial charge >= 0.3 is 0 Å². The Morgan fingerprint density at radius 3 is 2.38 bits per heavy atom. The first-order valence-corrected chi connectivity index (χ1v) is 10.2. The van der Waals surface area contributed by atoms with Gasteiger partial charge in [-0.2, -0.15) is 0 Å². The van der Waals surface area contributed by atoms with Crippen LogP contribution in [-0.4, -0.2) is 16.9 Å². The Bertz CT molecular complexity index is 635. The van der Waals surface area contributed by atoms with E-state index in [9.17, 15) is 9.90 Å². The number of phenolic OH excluding ortho intramolecular Hbond substituents is 1. The lowest BCUT2D eigenvalue weighted by atomic mass is 9.50. The summed E-state index contributed by atoms with van der Waals surface area (Å²) in [5.74, 6) is 3.83. The number of benzene rings is 1. The maximum Gasteiger partial charge on any atom is 0.235 e. The maximum atomic E-state index is 11.4. The summed E-state index contributed by atoms with van der Waals surface area (Å²) in [6.07, 6.45) is 6.72. The van der Waals surface area contributed by atoms with E-state index in [1.807, 2.05) is 6.07 Å². The Morgan fingerprint density at radius 2 is 1.79 bits per heavy atom. The molecule has 1 amide bonds. The zero-order chi connectivity index (χ0) is 16.8. The third-order valence-electron chi connectivity index (χ3n) is 6.37. The van der Waals surface area contributed by atoms with Gasteiger partial charge in [-0.15, -0.1) is 11.6 Å². The summed E-state index contributed by atoms with van der Waals surface area (Å²) in [4.78, 5) is 11.4. The molecule has 5 rings (SSSR count). The Labute approximate surface area is 156 Å². The monoisotopic (exact) mass is 411 g/mol. The second-order valence-electron chi connectivity index (χ2n) is 7.87. The average molecular weight is 413 g/mol. The minimum Gasteiger partial charge on any atom is -0.507 e. The Balaban J connectivity index is 1.63. The van der Waals surface area contributed by atoms with Gasteiger partial charge in [-0.25, -0.2) is 0 Å². The number of carbonyl (C=O) groups excluding carboxylic acids is 1. The number of hydrogen-bond acceptors (Lipinski definition) is 2. The highest BCUT2D eigenvalue weighted by Gasteiger charge is 2.49. The third-order valence-corrected chi connectivity index (χ3v) is 7.07. The average Bonchev–Trinajstić information content (AvgIpc) is 2.54. The second-order valence-corrected chi connectivity index (χ2v) is 9.05. The first-order chi connectivity index (χ1) is 11.5. The first-order valence-electron chi connectivity index (χ1n) is 8.89. The van der Waals surface area contributed by atoms with Crippen molar-refractivity contribution in [2.75, 3.05) is 5.88 Å². The van der Waals surface area contributed by atoms with Crippen LogP contribution in [0.15, 0.2) is 16.6 Å². The van der Waals surface area contributed by atoms with Gasteiger partial charge in [0.25, 0.3) is 0 Å². The van der Waals surface area contributed by atoms with Crippen LogP contribution in [0.4, 0.5) is 0 Å². The molecule has 4 bridgehead atoms. The molecule has 5 heteroatoms. The van der Waals surface area contributed by atoms with Gasteiger partial charge in [0.05, 0.1) is 0 Å². The molecule has 3 nitrogen and oxygen atoms in total. The van der Waals surface area contributed by atoms with Crippen molar-refractivity contribution in [2.24, 2.45) is 23.7 Å². The van der Waals surface area contributed by atoms with Gasteiger partial charge in [-0.3, -0.25) is 4.79 Å². The SMILES string of the molecule is O=C(CCl)NCc1cc(Br)cc(C2C3CC4CC(C3)CC2C4)c1O. The zero-order valence-electron chi connectivity index (χ0n) is 13.6. The van der Waals surface area contributed by atoms with E-state index in [-0.39, 0.29) is 11.8 Å². The van der Waals surface area contributed by atoms with Crippen LogP contribution in [0.2, 0.25) is 0 Å². The predicted octanol–water partition coefficient (Wildman–Crippen LogP) is 4.55. The fourth-order valence-electron chi connectivity index (χ4n) is 5.74. The van der Waals surface area contributed by atoms with E-state index in [1.54, 1.807) is 0 Å². The van der Waals surface area contributed by atoms with Crippen molar-refractivity contribution in [2.45, 2.75) is 44.6 Å². The zero-order valence-corrected chi connectivity index (χ0v) is 15.9. The summed E-state index contributed by atoms with van der Waals surface area (Å²) < 4.78 is 0.972. The standard InChI is InChI=1S/C19H23BrClNO2/c20-15-6-14(9-22-17(23)8-21)19(24)16(7-15)18-12-2-10-1-11(4-12)5-13(18)3-10/h6-7,10-13,18,24H,1-5,8-9H2,(H,22,23). The topological polar surface area (TPSA) is 49.3 Å². The van der Waals surface area contributed by atoms with Crippen molar-refractivity contribution in [1.29, 1.82) is 0 Å². The highest BCUT2D eigenvalue weighted by Crippen LogP contribution is 2.61. The molecule has 0 spiro atoms. The Hall–Kier alpha value is -0.740. The number of aromatic hydroxyl groups is 1. The van der Waals surface area contributed by atoms with Crippen LogP contribution in [0.5, 0.6) is 5.75 Å². The third kappa shape index (κ3) is 2.96. The van der Waals surface area contributed by atoms with Crippen molar-refractivity contribution in [3.05, 3.63) is 27.7 Å². The fourth-order valence-corrected chi connectivity index (χ4v) is 6.36. The molecule has 1 aromatic carbocycles. The Morgan fingerprint density at radius 1 is 1.17 bits per heavy atom. The molecule has 0 aromatic heterocycles. The highest BCUT2D eigenvalue weighted by atomic mass is 79.9. The summed E-state index contributed by atoms with van der Waals surface area (Å²) >= 11 is 9.13. The van der Waals surface area contributed by atoms with Crippen LogP contribution in [-0.2, 0) is 11.3 Å². The first kappa shape index (κ1) is 16.7. The van der Waals surface area contributed by atoms with E-state index in [2.05, 4.69) is 27.3 Å². The van der Waals surface area contributed by atoms with Crippen LogP contribution in [0.1, 0.15) is 49.1 Å². The van der Waals surface area contributed by atoms with Gasteiger partial charge in [0.1, 0.15) is 11.6 Å². The largest absolute Gasteiger partial charge is 0.507 e. The van der Waals surface area contributed by atoms with E-state index in [4.69, 9.17) is 11.6 Å². The number of rotatable bonds is 4. The van der Waals surface area contributed by atoms with Gasteiger partial charge in [-0.1, -0.05) is 15.9 Å². The van der Waals surface area contributed by atoms with Crippen molar-refractivity contribution in [3.63, 3.8) is 0 Å². The second kappa shape index (κ2) is 6.53. The molecule has 0 atom stereocenters. The van der Waals surface area contributed by atoms with Gasteiger partial charge in [0.15, 0.2) is 0 Å². The molecule has 4 saturated carbocycles. The molecule has 2 N–H and O–H groups in total. The Kier molecular flexibility index (Phi) is 4.55. The summed E-state index contributed by atoms with van der Waals surface area (Å²) in [5.41, 5.74) is 1.85. The number of halogens is 2. The van der Waals surface area contributed by atoms with Crippen molar-refractivity contribution in [3.8, 4) is 5.75 Å². The normalized spacial score (nSPS) is 33.7. The number of hydrogen-bond donors (Lipinski definition) is 2. The van der Waals surface area contributed by atoms with Crippen molar-refractivity contribution >= 4 is 33.4 Å². The number of phenols is 1. The molecule has 0 radical (unpaired) electrons. The van der Waals surface area contributed by atoms with Crippen molar-refractivity contribution in [1.82, 2.24) is 5.32 Å². The van der Waals surface area contributed by atoms with E-state index >= 15 is 0 Å². The van der Waals surface area contributed by atoms with Gasteiger partial charge < -0.3 is 10.4 Å². The smallest absolute Gasteiger partial charge is 0.235 e. The molecule has 1 aromatic rings. The predicted molar refractivity (Wildman–Crippen MR) is 98.2 cm³/mol. The lowest BCUT2D eigenvalue weighted by Gasteiger charge is -2.54. The molecular formula is C19H23BrClNO2. The molecule has 4 fully saturated rings. The number of carbonyl (C=O) groups is 1. The lowest BCUT2D eigenvalue weighted by molar-refractivity contribution is -0.118. The number of alkyl halides is 1. The quantitative estimate of drug-likeness (QED) is 0.713. The van der Waals surface area contributed by atoms with Crippen LogP contribution >= 0.6 is 27.5 Å². The maximum absolute atomic E-state index is 11.4. The van der Waals surface area contributed by atoms with E-state index in [1.165, 1.54) is 32.1 Å². The van der Waals surface area contributed by atoms with Crippen LogP contribution in [0.3, 0.4) is 0 Å². The van der Waals surface area contributed by atoms with Crippen LogP contribution in [0.25, 0.3) is 0 Å². The van der Waals surface area contributed by atoms with Crippen molar-refractivity contribution < 1.29 is 9.90 Å². The number of nitrogens with one attached hydrogen (secondary N) is 1. The van der Waals surface area contributed by atoms with Gasteiger partial charge in [0.2, 0.25) is 5.91 Å². The minimum atomic E-state index is -0.216. The summed E-state index contributed by atoms with van der Waals surface area (Å²) in [7, 11) is 0. The van der Waals surface area contributed by atoms with E-state index in [0.717, 1.165) is 27.4 Å². The molecule has 0 saturated heterocycles. The van der Waals surface area contributed by atoms with Gasteiger partial charge in [0, 0.05) is 16.6 Å². The fraction of sp³-hybridized carbons (Fsp3) is 0.632. The summed E-state index contributed by atoms with van der Waals surface area (Å²) in [6, 6.07) is 3.98. The summed E-state index contributed by atoms with van der Waals surface area (Å²) in [6.45, 7) is 0.317.